The van der Waals surface area contributed by atoms with Crippen LogP contribution < -0.4 is 29.2 Å². The Morgan fingerprint density at radius 2 is 1.55 bits per heavy atom. The minimum Gasteiger partial charge on any atom is -0.493 e. The van der Waals surface area contributed by atoms with Crippen molar-refractivity contribution in [2.45, 2.75) is 44.8 Å². The van der Waals surface area contributed by atoms with E-state index in [9.17, 15) is 24.0 Å². The Labute approximate surface area is 314 Å². The number of aromatic amines is 1. The lowest BCUT2D eigenvalue weighted by atomic mass is 9.89. The summed E-state index contributed by atoms with van der Waals surface area (Å²) in [5, 5.41) is 3.98. The van der Waals surface area contributed by atoms with Gasteiger partial charge >= 0.3 is 18.2 Å². The summed E-state index contributed by atoms with van der Waals surface area (Å²) in [6.45, 7) is 7.64. The number of H-pyrrole nitrogens is 1. The molecule has 3 aliphatic heterocycles. The molecule has 3 aromatic rings. The van der Waals surface area contributed by atoms with E-state index in [1.807, 2.05) is 0 Å². The van der Waals surface area contributed by atoms with Gasteiger partial charge in [0.25, 0.3) is 5.91 Å². The number of nitrogens with one attached hydrogen (secondary N) is 2. The molecule has 1 aromatic heterocycles. The average Bonchev–Trinajstić information content (AvgIpc) is 3.81. The predicted molar refractivity (Wildman–Crippen MR) is 196 cm³/mol. The van der Waals surface area contributed by atoms with Crippen LogP contribution >= 0.6 is 15.9 Å². The topological polar surface area (TPSA) is 178 Å². The number of amides is 3. The first-order chi connectivity index (χ1) is 25.1. The maximum atomic E-state index is 14.4. The molecule has 0 bridgehead atoms. The van der Waals surface area contributed by atoms with Gasteiger partial charge in [-0.25, -0.2) is 14.4 Å². The van der Waals surface area contributed by atoms with Gasteiger partial charge in [-0.15, -0.1) is 0 Å². The SMILES string of the molecule is COC(=O)[C@@]1(C)Nc2c(OC(=O)N3CCN(C(=O)OC(C)(C)C)CC3)cc3c(c2C1=O)[C@H](CBr)CN3C(=O)c1cc2cc(OC)c(OC)c(OC)c2[nH]1. The summed E-state index contributed by atoms with van der Waals surface area (Å²) in [7, 11) is 5.64. The third-order valence-corrected chi connectivity index (χ3v) is 10.3. The molecule has 1 saturated heterocycles. The molecule has 2 N–H and O–H groups in total. The third-order valence-electron chi connectivity index (χ3n) is 9.53. The molecule has 53 heavy (non-hydrogen) atoms. The van der Waals surface area contributed by atoms with Crippen LogP contribution in [0, 0.1) is 0 Å². The molecular formula is C36H42BrN5O11. The van der Waals surface area contributed by atoms with Crippen LogP contribution in [0.4, 0.5) is 21.0 Å². The van der Waals surface area contributed by atoms with Crippen molar-refractivity contribution in [1.82, 2.24) is 14.8 Å². The summed E-state index contributed by atoms with van der Waals surface area (Å²) in [5.41, 5.74) is -0.673. The Kier molecular flexibility index (Phi) is 9.91. The molecule has 4 heterocycles. The van der Waals surface area contributed by atoms with Crippen LogP contribution in [-0.4, -0.2) is 122 Å². The number of alkyl halides is 1. The van der Waals surface area contributed by atoms with Crippen molar-refractivity contribution in [2.24, 2.45) is 0 Å². The number of hydrogen-bond acceptors (Lipinski definition) is 12. The largest absolute Gasteiger partial charge is 0.493 e. The number of ether oxygens (including phenoxy) is 6. The minimum atomic E-state index is -1.83. The first-order valence-electron chi connectivity index (χ1n) is 16.9. The van der Waals surface area contributed by atoms with Crippen LogP contribution in [0.1, 0.15) is 60.0 Å². The number of carbonyl (C=O) groups excluding carboxylic acids is 5. The Morgan fingerprint density at radius 1 is 0.906 bits per heavy atom. The lowest BCUT2D eigenvalue weighted by molar-refractivity contribution is -0.143. The van der Waals surface area contributed by atoms with Crippen molar-refractivity contribution >= 4 is 68.1 Å². The number of anilines is 2. The number of aromatic nitrogens is 1. The molecule has 2 atom stereocenters. The Morgan fingerprint density at radius 3 is 2.11 bits per heavy atom. The molecule has 6 rings (SSSR count). The van der Waals surface area contributed by atoms with Crippen LogP contribution in [0.2, 0.25) is 0 Å². The zero-order valence-corrected chi connectivity index (χ0v) is 32.3. The lowest BCUT2D eigenvalue weighted by Gasteiger charge is -2.35. The van der Waals surface area contributed by atoms with Crippen LogP contribution in [0.15, 0.2) is 18.2 Å². The van der Waals surface area contributed by atoms with Gasteiger partial charge in [0.2, 0.25) is 11.5 Å². The molecule has 1 fully saturated rings. The highest BCUT2D eigenvalue weighted by molar-refractivity contribution is 9.09. The first kappa shape index (κ1) is 37.6. The van der Waals surface area contributed by atoms with Crippen molar-refractivity contribution in [3.63, 3.8) is 0 Å². The molecule has 3 amide bonds. The monoisotopic (exact) mass is 799 g/mol. The number of nitrogens with zero attached hydrogens (tertiary/aromatic N) is 3. The van der Waals surface area contributed by atoms with E-state index in [4.69, 9.17) is 28.4 Å². The summed E-state index contributed by atoms with van der Waals surface area (Å²) in [6, 6.07) is 4.91. The molecule has 16 nitrogen and oxygen atoms in total. The highest BCUT2D eigenvalue weighted by Crippen LogP contribution is 2.52. The van der Waals surface area contributed by atoms with Crippen molar-refractivity contribution in [3.05, 3.63) is 35.0 Å². The molecule has 0 spiro atoms. The number of ketones is 1. The second-order valence-electron chi connectivity index (χ2n) is 14.0. The number of fused-ring (bicyclic) bond motifs is 4. The van der Waals surface area contributed by atoms with Gasteiger partial charge in [-0.05, 0) is 45.4 Å². The number of piperazine rings is 1. The van der Waals surface area contributed by atoms with Crippen LogP contribution in [0.25, 0.3) is 10.9 Å². The number of benzene rings is 2. The Hall–Kier alpha value is -5.19. The van der Waals surface area contributed by atoms with E-state index in [1.165, 1.54) is 56.1 Å². The van der Waals surface area contributed by atoms with Gasteiger partial charge in [0.05, 0.1) is 50.9 Å². The average molecular weight is 801 g/mol. The van der Waals surface area contributed by atoms with Crippen molar-refractivity contribution in [3.8, 4) is 23.0 Å². The maximum absolute atomic E-state index is 14.4. The molecule has 17 heteroatoms. The van der Waals surface area contributed by atoms with Crippen molar-refractivity contribution in [1.29, 1.82) is 0 Å². The summed E-state index contributed by atoms with van der Waals surface area (Å²) in [6.07, 6.45) is -1.22. The van der Waals surface area contributed by atoms with Gasteiger partial charge < -0.3 is 53.4 Å². The smallest absolute Gasteiger partial charge is 0.415 e. The number of hydrogen-bond donors (Lipinski definition) is 2. The highest BCUT2D eigenvalue weighted by Gasteiger charge is 2.53. The van der Waals surface area contributed by atoms with Crippen LogP contribution in [0.3, 0.4) is 0 Å². The number of methoxy groups -OCH3 is 4. The van der Waals surface area contributed by atoms with E-state index in [0.717, 1.165) is 0 Å². The fourth-order valence-electron chi connectivity index (χ4n) is 6.93. The number of Topliss-reactive ketones (excluding diaryl/α,β-unsaturated/α-hetero) is 1. The van der Waals surface area contributed by atoms with E-state index >= 15 is 0 Å². The van der Waals surface area contributed by atoms with E-state index in [-0.39, 0.29) is 61.3 Å². The normalized spacial score (nSPS) is 19.4. The number of halogens is 1. The maximum Gasteiger partial charge on any atom is 0.415 e. The van der Waals surface area contributed by atoms with Gasteiger partial charge in [0, 0.05) is 55.4 Å². The summed E-state index contributed by atoms with van der Waals surface area (Å²) >= 11 is 3.56. The van der Waals surface area contributed by atoms with E-state index in [2.05, 4.69) is 26.2 Å². The lowest BCUT2D eigenvalue weighted by Crippen LogP contribution is -2.52. The summed E-state index contributed by atoms with van der Waals surface area (Å²) < 4.78 is 33.1. The molecule has 284 valence electrons. The fourth-order valence-corrected chi connectivity index (χ4v) is 7.46. The number of esters is 1. The third kappa shape index (κ3) is 6.44. The quantitative estimate of drug-likeness (QED) is 0.188. The van der Waals surface area contributed by atoms with Gasteiger partial charge in [-0.1, -0.05) is 15.9 Å². The highest BCUT2D eigenvalue weighted by atomic mass is 79.9. The Bertz CT molecular complexity index is 2020. The summed E-state index contributed by atoms with van der Waals surface area (Å²) in [4.78, 5) is 75.5. The van der Waals surface area contributed by atoms with Crippen molar-refractivity contribution < 1.29 is 52.4 Å². The second kappa shape index (κ2) is 14.0. The van der Waals surface area contributed by atoms with Gasteiger partial charge in [0.15, 0.2) is 22.8 Å². The van der Waals surface area contributed by atoms with Gasteiger partial charge in [0.1, 0.15) is 11.3 Å². The number of rotatable bonds is 7. The standard InChI is InChI=1S/C36H42BrN5O11/c1-35(2,3)53-34(47)41-11-9-40(10-12-41)33(46)52-22-15-21-24(25-27(22)39-36(4,30(25)43)32(45)51-8)19(16-37)17-42(21)31(44)20-13-18-14-23(48-5)28(49-6)29(50-7)26(18)38-20/h13-15,19,38-39H,9-12,16-17H2,1-8H3/t19-,36+/m1/s1. The van der Waals surface area contributed by atoms with Crippen LogP contribution in [-0.2, 0) is 14.3 Å². The molecule has 0 unspecified atom stereocenters. The molecule has 0 saturated carbocycles. The van der Waals surface area contributed by atoms with Crippen molar-refractivity contribution in [2.75, 3.05) is 76.7 Å². The Balaban J connectivity index is 1.38. The van der Waals surface area contributed by atoms with E-state index < -0.39 is 41.0 Å². The van der Waals surface area contributed by atoms with Gasteiger partial charge in [-0.3, -0.25) is 9.59 Å². The van der Waals surface area contributed by atoms with E-state index in [1.54, 1.807) is 32.9 Å². The van der Waals surface area contributed by atoms with E-state index in [0.29, 0.717) is 44.7 Å². The summed E-state index contributed by atoms with van der Waals surface area (Å²) in [5.74, 6) is -1.18. The van der Waals surface area contributed by atoms with Crippen LogP contribution in [0.5, 0.6) is 23.0 Å². The minimum absolute atomic E-state index is 0.0555. The fraction of sp³-hybridized carbons (Fsp3) is 0.472. The molecule has 2 aromatic carbocycles. The molecule has 0 aliphatic carbocycles. The molecule has 3 aliphatic rings. The zero-order valence-electron chi connectivity index (χ0n) is 30.8. The van der Waals surface area contributed by atoms with Gasteiger partial charge in [-0.2, -0.15) is 0 Å². The predicted octanol–water partition coefficient (Wildman–Crippen LogP) is 4.92. The zero-order chi connectivity index (χ0) is 38.6. The molecular weight excluding hydrogens is 758 g/mol. The second-order valence-corrected chi connectivity index (χ2v) is 14.7. The first-order valence-corrected chi connectivity index (χ1v) is 18.0. The number of carbonyl (C=O) groups is 5. The molecule has 0 radical (unpaired) electrons.